The van der Waals surface area contributed by atoms with Crippen LogP contribution in [-0.4, -0.2) is 24.6 Å². The fourth-order valence-electron chi connectivity index (χ4n) is 1.88. The molecule has 1 aromatic rings. The van der Waals surface area contributed by atoms with Crippen molar-refractivity contribution in [1.29, 1.82) is 0 Å². The molecule has 1 aliphatic rings. The molecule has 1 aromatic heterocycles. The molecule has 2 nitrogen and oxygen atoms in total. The molecular weight excluding hydrogens is 218 g/mol. The van der Waals surface area contributed by atoms with Gasteiger partial charge in [0.05, 0.1) is 6.26 Å². The summed E-state index contributed by atoms with van der Waals surface area (Å²) >= 11 is 2.09. The van der Waals surface area contributed by atoms with E-state index in [-0.39, 0.29) is 0 Å². The third-order valence-electron chi connectivity index (χ3n) is 2.86. The van der Waals surface area contributed by atoms with Crippen molar-refractivity contribution in [1.82, 2.24) is 5.32 Å². The van der Waals surface area contributed by atoms with Crippen molar-refractivity contribution < 1.29 is 4.42 Å². The Balaban J connectivity index is 1.57. The van der Waals surface area contributed by atoms with Gasteiger partial charge >= 0.3 is 0 Å². The summed E-state index contributed by atoms with van der Waals surface area (Å²) in [7, 11) is 0. The second kappa shape index (κ2) is 6.81. The minimum absolute atomic E-state index is 0.887. The highest BCUT2D eigenvalue weighted by Gasteiger charge is 2.12. The zero-order chi connectivity index (χ0) is 11.1. The van der Waals surface area contributed by atoms with Gasteiger partial charge in [0.1, 0.15) is 5.76 Å². The van der Waals surface area contributed by atoms with Gasteiger partial charge in [-0.25, -0.2) is 0 Å². The molecule has 0 aromatic carbocycles. The van der Waals surface area contributed by atoms with Crippen molar-refractivity contribution in [3.8, 4) is 0 Å². The average Bonchev–Trinajstić information content (AvgIpc) is 2.83. The molecule has 0 unspecified atom stereocenters. The molecule has 0 saturated carbocycles. The quantitative estimate of drug-likeness (QED) is 0.797. The van der Waals surface area contributed by atoms with E-state index in [2.05, 4.69) is 23.2 Å². The van der Waals surface area contributed by atoms with E-state index in [1.165, 1.54) is 24.3 Å². The van der Waals surface area contributed by atoms with E-state index in [0.29, 0.717) is 0 Å². The van der Waals surface area contributed by atoms with Gasteiger partial charge in [-0.3, -0.25) is 0 Å². The van der Waals surface area contributed by atoms with Gasteiger partial charge in [0.2, 0.25) is 0 Å². The highest BCUT2D eigenvalue weighted by molar-refractivity contribution is 7.99. The largest absolute Gasteiger partial charge is 0.465 e. The van der Waals surface area contributed by atoms with Crippen LogP contribution in [0.25, 0.3) is 6.08 Å². The van der Waals surface area contributed by atoms with Crippen molar-refractivity contribution >= 4 is 17.8 Å². The Morgan fingerprint density at radius 1 is 1.44 bits per heavy atom. The first-order valence-corrected chi connectivity index (χ1v) is 7.09. The lowest BCUT2D eigenvalue weighted by molar-refractivity contribution is 0.459. The van der Waals surface area contributed by atoms with Crippen LogP contribution < -0.4 is 5.32 Å². The van der Waals surface area contributed by atoms with Gasteiger partial charge < -0.3 is 9.73 Å². The highest BCUT2D eigenvalue weighted by atomic mass is 32.2. The van der Waals surface area contributed by atoms with Gasteiger partial charge in [-0.15, -0.1) is 0 Å². The minimum atomic E-state index is 0.887. The smallest absolute Gasteiger partial charge is 0.126 e. The first-order chi connectivity index (χ1) is 7.95. The molecule has 88 valence electrons. The van der Waals surface area contributed by atoms with E-state index in [0.717, 1.165) is 24.8 Å². The number of rotatable bonds is 5. The summed E-state index contributed by atoms with van der Waals surface area (Å²) in [5.41, 5.74) is 0. The maximum Gasteiger partial charge on any atom is 0.126 e. The molecule has 3 heteroatoms. The Kier molecular flexibility index (Phi) is 5.03. The highest BCUT2D eigenvalue weighted by Crippen LogP contribution is 2.21. The van der Waals surface area contributed by atoms with Gasteiger partial charge in [-0.05, 0) is 55.0 Å². The summed E-state index contributed by atoms with van der Waals surface area (Å²) in [5.74, 6) is 4.50. The fourth-order valence-corrected chi connectivity index (χ4v) is 3.09. The summed E-state index contributed by atoms with van der Waals surface area (Å²) in [5, 5.41) is 3.48. The van der Waals surface area contributed by atoms with E-state index in [4.69, 9.17) is 4.42 Å². The molecule has 2 rings (SSSR count). The van der Waals surface area contributed by atoms with Crippen LogP contribution in [0.15, 0.2) is 28.9 Å². The lowest BCUT2D eigenvalue weighted by Gasteiger charge is -2.21. The molecule has 0 atom stereocenters. The monoisotopic (exact) mass is 237 g/mol. The van der Waals surface area contributed by atoms with Crippen molar-refractivity contribution in [2.24, 2.45) is 5.92 Å². The molecule has 0 aliphatic carbocycles. The Morgan fingerprint density at radius 2 is 2.31 bits per heavy atom. The number of hydrogen-bond acceptors (Lipinski definition) is 3. The molecule has 2 heterocycles. The Hall–Kier alpha value is -0.670. The predicted molar refractivity (Wildman–Crippen MR) is 70.7 cm³/mol. The lowest BCUT2D eigenvalue weighted by Crippen LogP contribution is -2.25. The molecule has 0 spiro atoms. The molecule has 0 radical (unpaired) electrons. The van der Waals surface area contributed by atoms with Gasteiger partial charge in [0, 0.05) is 6.54 Å². The Labute approximate surface area is 101 Å². The molecule has 1 N–H and O–H groups in total. The van der Waals surface area contributed by atoms with E-state index in [1.54, 1.807) is 6.26 Å². The number of nitrogens with one attached hydrogen (secondary N) is 1. The van der Waals surface area contributed by atoms with E-state index >= 15 is 0 Å². The molecular formula is C13H19NOS. The zero-order valence-electron chi connectivity index (χ0n) is 9.52. The molecule has 0 amide bonds. The summed E-state index contributed by atoms with van der Waals surface area (Å²) < 4.78 is 5.21. The van der Waals surface area contributed by atoms with Gasteiger partial charge in [0.15, 0.2) is 0 Å². The van der Waals surface area contributed by atoms with E-state index < -0.39 is 0 Å². The molecule has 1 aliphatic heterocycles. The van der Waals surface area contributed by atoms with Crippen LogP contribution in [0.4, 0.5) is 0 Å². The Morgan fingerprint density at radius 3 is 3.06 bits per heavy atom. The molecule has 1 saturated heterocycles. The van der Waals surface area contributed by atoms with Crippen LogP contribution in [0.1, 0.15) is 18.6 Å². The topological polar surface area (TPSA) is 25.2 Å². The van der Waals surface area contributed by atoms with Crippen molar-refractivity contribution in [3.63, 3.8) is 0 Å². The molecule has 16 heavy (non-hydrogen) atoms. The second-order valence-corrected chi connectivity index (χ2v) is 5.36. The van der Waals surface area contributed by atoms with E-state index in [1.807, 2.05) is 18.2 Å². The summed E-state index contributed by atoms with van der Waals surface area (Å²) in [6, 6.07) is 3.88. The van der Waals surface area contributed by atoms with Gasteiger partial charge in [0.25, 0.3) is 0 Å². The average molecular weight is 237 g/mol. The van der Waals surface area contributed by atoms with Crippen LogP contribution >= 0.6 is 11.8 Å². The van der Waals surface area contributed by atoms with Crippen molar-refractivity contribution in [3.05, 3.63) is 30.2 Å². The maximum absolute atomic E-state index is 5.21. The third kappa shape index (κ3) is 4.06. The summed E-state index contributed by atoms with van der Waals surface area (Å²) in [4.78, 5) is 0. The van der Waals surface area contributed by atoms with Gasteiger partial charge in [-0.2, -0.15) is 11.8 Å². The van der Waals surface area contributed by atoms with Crippen molar-refractivity contribution in [2.45, 2.75) is 12.8 Å². The summed E-state index contributed by atoms with van der Waals surface area (Å²) in [6.45, 7) is 2.09. The predicted octanol–water partition coefficient (Wildman–Crippen LogP) is 3.03. The second-order valence-electron chi connectivity index (χ2n) is 4.13. The number of hydrogen-bond donors (Lipinski definition) is 1. The maximum atomic E-state index is 5.21. The van der Waals surface area contributed by atoms with Crippen molar-refractivity contribution in [2.75, 3.05) is 24.6 Å². The van der Waals surface area contributed by atoms with Crippen LogP contribution in [0.2, 0.25) is 0 Å². The minimum Gasteiger partial charge on any atom is -0.465 e. The van der Waals surface area contributed by atoms with Gasteiger partial charge in [-0.1, -0.05) is 6.08 Å². The lowest BCUT2D eigenvalue weighted by atomic mass is 10.0. The standard InChI is InChI=1S/C13H19NOS/c1(3-13-4-2-8-15-13)7-14-11-12-5-9-16-10-6-12/h1-4,8,12,14H,5-7,9-11H2/b3-1+. The van der Waals surface area contributed by atoms with Crippen LogP contribution in [-0.2, 0) is 0 Å². The van der Waals surface area contributed by atoms with Crippen LogP contribution in [0.5, 0.6) is 0 Å². The molecule has 0 bridgehead atoms. The third-order valence-corrected chi connectivity index (χ3v) is 3.91. The SMILES string of the molecule is C(=C\c1ccco1)/CNCC1CCSCC1. The first-order valence-electron chi connectivity index (χ1n) is 5.93. The first kappa shape index (κ1) is 11.8. The van der Waals surface area contributed by atoms with Crippen LogP contribution in [0, 0.1) is 5.92 Å². The zero-order valence-corrected chi connectivity index (χ0v) is 10.3. The number of furan rings is 1. The van der Waals surface area contributed by atoms with Crippen LogP contribution in [0.3, 0.4) is 0 Å². The fraction of sp³-hybridized carbons (Fsp3) is 0.538. The Bertz CT molecular complexity index is 302. The normalized spacial score (nSPS) is 18.2. The molecule has 1 fully saturated rings. The number of thioether (sulfide) groups is 1. The summed E-state index contributed by atoms with van der Waals surface area (Å²) in [6.07, 6.45) is 8.59. The van der Waals surface area contributed by atoms with E-state index in [9.17, 15) is 0 Å².